The maximum absolute atomic E-state index is 10.0. The first-order valence-electron chi connectivity index (χ1n) is 5.99. The number of rotatable bonds is 9. The molecule has 2 N–H and O–H groups in total. The number of hydrogen-bond acceptors (Lipinski definition) is 4. The van der Waals surface area contributed by atoms with Crippen molar-refractivity contribution in [3.05, 3.63) is 42.5 Å². The molecule has 1 aromatic carbocycles. The monoisotopic (exact) mass is 267 g/mol. The second-order valence-corrected chi connectivity index (χ2v) is 5.01. The predicted molar refractivity (Wildman–Crippen MR) is 78.3 cm³/mol. The van der Waals surface area contributed by atoms with Gasteiger partial charge in [0.1, 0.15) is 5.75 Å². The molecule has 0 spiro atoms. The number of methoxy groups -OCH3 is 1. The van der Waals surface area contributed by atoms with Crippen LogP contribution in [0, 0.1) is 0 Å². The molecule has 100 valence electrons. The highest BCUT2D eigenvalue weighted by molar-refractivity contribution is 7.99. The molecular formula is C14H21NO2S. The third kappa shape index (κ3) is 5.58. The average Bonchev–Trinajstić information content (AvgIpc) is 2.42. The molecule has 0 bridgehead atoms. The molecule has 0 amide bonds. The van der Waals surface area contributed by atoms with Crippen LogP contribution in [0.3, 0.4) is 0 Å². The first-order chi connectivity index (χ1) is 8.77. The Hall–Kier alpha value is -0.970. The Kier molecular flexibility index (Phi) is 7.57. The smallest absolute Gasteiger partial charge is 0.119 e. The number of aliphatic hydroxyl groups is 1. The molecule has 0 saturated carbocycles. The van der Waals surface area contributed by atoms with Gasteiger partial charge in [0.2, 0.25) is 0 Å². The third-order valence-corrected chi connectivity index (χ3v) is 3.44. The molecule has 0 aliphatic carbocycles. The van der Waals surface area contributed by atoms with Gasteiger partial charge >= 0.3 is 0 Å². The molecule has 0 aromatic heterocycles. The first kappa shape index (κ1) is 15.1. The highest BCUT2D eigenvalue weighted by atomic mass is 32.2. The molecule has 1 rings (SSSR count). The maximum atomic E-state index is 10.0. The van der Waals surface area contributed by atoms with Gasteiger partial charge in [0.05, 0.1) is 13.2 Å². The van der Waals surface area contributed by atoms with Crippen LogP contribution in [0.15, 0.2) is 36.9 Å². The summed E-state index contributed by atoms with van der Waals surface area (Å²) >= 11 is 1.82. The fraction of sp³-hybridized carbons (Fsp3) is 0.429. The molecule has 18 heavy (non-hydrogen) atoms. The SMILES string of the molecule is C=CCSCCNCC(O)c1cccc(OC)c1. The summed E-state index contributed by atoms with van der Waals surface area (Å²) in [5.41, 5.74) is 0.876. The van der Waals surface area contributed by atoms with Gasteiger partial charge < -0.3 is 15.2 Å². The molecule has 1 aromatic rings. The van der Waals surface area contributed by atoms with E-state index in [-0.39, 0.29) is 0 Å². The lowest BCUT2D eigenvalue weighted by Gasteiger charge is -2.13. The van der Waals surface area contributed by atoms with Crippen LogP contribution in [-0.2, 0) is 0 Å². The molecule has 3 nitrogen and oxygen atoms in total. The zero-order valence-electron chi connectivity index (χ0n) is 10.8. The van der Waals surface area contributed by atoms with E-state index in [4.69, 9.17) is 4.74 Å². The van der Waals surface area contributed by atoms with E-state index in [0.29, 0.717) is 6.54 Å². The minimum Gasteiger partial charge on any atom is -0.497 e. The van der Waals surface area contributed by atoms with Crippen LogP contribution in [0.1, 0.15) is 11.7 Å². The van der Waals surface area contributed by atoms with Crippen molar-refractivity contribution in [1.29, 1.82) is 0 Å². The van der Waals surface area contributed by atoms with Gasteiger partial charge in [-0.1, -0.05) is 18.2 Å². The van der Waals surface area contributed by atoms with Crippen molar-refractivity contribution in [3.63, 3.8) is 0 Å². The molecule has 0 fully saturated rings. The van der Waals surface area contributed by atoms with Gasteiger partial charge in [0, 0.05) is 24.6 Å². The summed E-state index contributed by atoms with van der Waals surface area (Å²) < 4.78 is 5.13. The summed E-state index contributed by atoms with van der Waals surface area (Å²) in [6, 6.07) is 7.52. The topological polar surface area (TPSA) is 41.5 Å². The first-order valence-corrected chi connectivity index (χ1v) is 7.14. The summed E-state index contributed by atoms with van der Waals surface area (Å²) in [5.74, 6) is 2.77. The Labute approximate surface area is 113 Å². The van der Waals surface area contributed by atoms with E-state index in [1.165, 1.54) is 0 Å². The van der Waals surface area contributed by atoms with E-state index in [9.17, 15) is 5.11 Å². The Morgan fingerprint density at radius 3 is 3.11 bits per heavy atom. The molecule has 0 aliphatic heterocycles. The normalized spacial score (nSPS) is 12.1. The molecular weight excluding hydrogens is 246 g/mol. The number of thioether (sulfide) groups is 1. The van der Waals surface area contributed by atoms with Gasteiger partial charge in [0.25, 0.3) is 0 Å². The van der Waals surface area contributed by atoms with Gasteiger partial charge in [-0.15, -0.1) is 6.58 Å². The molecule has 0 radical (unpaired) electrons. The van der Waals surface area contributed by atoms with Crippen LogP contribution in [-0.4, -0.2) is 36.8 Å². The summed E-state index contributed by atoms with van der Waals surface area (Å²) in [4.78, 5) is 0. The largest absolute Gasteiger partial charge is 0.497 e. The van der Waals surface area contributed by atoms with Gasteiger partial charge in [0.15, 0.2) is 0 Å². The van der Waals surface area contributed by atoms with Gasteiger partial charge in [-0.25, -0.2) is 0 Å². The summed E-state index contributed by atoms with van der Waals surface area (Å²) in [6.45, 7) is 5.12. The number of nitrogens with one attached hydrogen (secondary N) is 1. The molecule has 0 saturated heterocycles. The third-order valence-electron chi connectivity index (χ3n) is 2.48. The summed E-state index contributed by atoms with van der Waals surface area (Å²) in [5, 5.41) is 13.2. The van der Waals surface area contributed by atoms with Crippen molar-refractivity contribution in [2.75, 3.05) is 31.7 Å². The van der Waals surface area contributed by atoms with E-state index in [2.05, 4.69) is 11.9 Å². The Balaban J connectivity index is 2.27. The molecule has 1 atom stereocenters. The van der Waals surface area contributed by atoms with Crippen LogP contribution in [0.2, 0.25) is 0 Å². The van der Waals surface area contributed by atoms with Crippen LogP contribution >= 0.6 is 11.8 Å². The zero-order valence-corrected chi connectivity index (χ0v) is 11.6. The lowest BCUT2D eigenvalue weighted by molar-refractivity contribution is 0.175. The number of benzene rings is 1. The summed E-state index contributed by atoms with van der Waals surface area (Å²) in [7, 11) is 1.63. The molecule has 4 heteroatoms. The van der Waals surface area contributed by atoms with E-state index in [0.717, 1.165) is 29.4 Å². The van der Waals surface area contributed by atoms with E-state index in [1.807, 2.05) is 42.1 Å². The second-order valence-electron chi connectivity index (χ2n) is 3.86. The van der Waals surface area contributed by atoms with Crippen molar-refractivity contribution in [2.45, 2.75) is 6.10 Å². The quantitative estimate of drug-likeness (QED) is 0.532. The van der Waals surface area contributed by atoms with Crippen LogP contribution in [0.5, 0.6) is 5.75 Å². The van der Waals surface area contributed by atoms with Gasteiger partial charge in [-0.05, 0) is 17.7 Å². The predicted octanol–water partition coefficient (Wildman–Crippen LogP) is 2.24. The van der Waals surface area contributed by atoms with Gasteiger partial charge in [-0.2, -0.15) is 11.8 Å². The van der Waals surface area contributed by atoms with Crippen molar-refractivity contribution in [1.82, 2.24) is 5.32 Å². The molecule has 0 heterocycles. The fourth-order valence-electron chi connectivity index (χ4n) is 1.52. The Bertz CT molecular complexity index is 357. The lowest BCUT2D eigenvalue weighted by Crippen LogP contribution is -2.23. The van der Waals surface area contributed by atoms with Gasteiger partial charge in [-0.3, -0.25) is 0 Å². The maximum Gasteiger partial charge on any atom is 0.119 e. The number of ether oxygens (including phenoxy) is 1. The fourth-order valence-corrected chi connectivity index (χ4v) is 2.14. The minimum atomic E-state index is -0.496. The summed E-state index contributed by atoms with van der Waals surface area (Å²) in [6.07, 6.45) is 1.40. The Morgan fingerprint density at radius 1 is 1.56 bits per heavy atom. The Morgan fingerprint density at radius 2 is 2.39 bits per heavy atom. The van der Waals surface area contributed by atoms with Crippen molar-refractivity contribution in [2.24, 2.45) is 0 Å². The highest BCUT2D eigenvalue weighted by Gasteiger charge is 2.07. The van der Waals surface area contributed by atoms with E-state index >= 15 is 0 Å². The highest BCUT2D eigenvalue weighted by Crippen LogP contribution is 2.18. The van der Waals surface area contributed by atoms with Crippen LogP contribution in [0.4, 0.5) is 0 Å². The average molecular weight is 267 g/mol. The molecule has 0 aliphatic rings. The minimum absolute atomic E-state index is 0.496. The van der Waals surface area contributed by atoms with Crippen LogP contribution in [0.25, 0.3) is 0 Å². The van der Waals surface area contributed by atoms with E-state index < -0.39 is 6.10 Å². The van der Waals surface area contributed by atoms with Crippen LogP contribution < -0.4 is 10.1 Å². The standard InChI is InChI=1S/C14H21NO2S/c1-3-8-18-9-7-15-11-14(16)12-5-4-6-13(10-12)17-2/h3-6,10,14-16H,1,7-9,11H2,2H3. The lowest BCUT2D eigenvalue weighted by atomic mass is 10.1. The van der Waals surface area contributed by atoms with Crippen molar-refractivity contribution >= 4 is 11.8 Å². The second kappa shape index (κ2) is 9.03. The number of hydrogen-bond donors (Lipinski definition) is 2. The van der Waals surface area contributed by atoms with E-state index in [1.54, 1.807) is 7.11 Å². The number of aliphatic hydroxyl groups excluding tert-OH is 1. The zero-order chi connectivity index (χ0) is 13.2. The molecule has 1 unspecified atom stereocenters. The van der Waals surface area contributed by atoms with Crippen molar-refractivity contribution < 1.29 is 9.84 Å². The van der Waals surface area contributed by atoms with Crippen molar-refractivity contribution in [3.8, 4) is 5.75 Å².